The van der Waals surface area contributed by atoms with E-state index in [9.17, 15) is 14.4 Å². The summed E-state index contributed by atoms with van der Waals surface area (Å²) in [5.74, 6) is -1.03. The zero-order valence-corrected chi connectivity index (χ0v) is 19.3. The number of fused-ring (bicyclic) bond motifs is 3. The van der Waals surface area contributed by atoms with Crippen molar-refractivity contribution in [3.63, 3.8) is 0 Å². The van der Waals surface area contributed by atoms with Gasteiger partial charge in [-0.25, -0.2) is 4.79 Å². The lowest BCUT2D eigenvalue weighted by Gasteiger charge is -2.30. The van der Waals surface area contributed by atoms with E-state index in [1.807, 2.05) is 24.3 Å². The van der Waals surface area contributed by atoms with Gasteiger partial charge in [0.2, 0.25) is 5.91 Å². The van der Waals surface area contributed by atoms with Gasteiger partial charge in [-0.05, 0) is 47.4 Å². The van der Waals surface area contributed by atoms with Gasteiger partial charge in [0, 0.05) is 31.3 Å². The van der Waals surface area contributed by atoms with E-state index < -0.39 is 12.1 Å². The molecule has 7 heteroatoms. The van der Waals surface area contributed by atoms with Crippen molar-refractivity contribution in [3.05, 3.63) is 59.7 Å². The Labute approximate surface area is 199 Å². The zero-order chi connectivity index (χ0) is 23.9. The second kappa shape index (κ2) is 11.2. The summed E-state index contributed by atoms with van der Waals surface area (Å²) >= 11 is 0. The Balaban J connectivity index is 1.28. The molecule has 2 aliphatic rings. The third kappa shape index (κ3) is 5.58. The number of hydrogen-bond donors (Lipinski definition) is 3. The number of carbonyl (C=O) groups excluding carboxylic acids is 2. The molecule has 1 fully saturated rings. The van der Waals surface area contributed by atoms with Crippen LogP contribution in [0.5, 0.6) is 0 Å². The van der Waals surface area contributed by atoms with Gasteiger partial charge in [-0.2, -0.15) is 0 Å². The van der Waals surface area contributed by atoms with Crippen molar-refractivity contribution in [1.29, 1.82) is 0 Å². The van der Waals surface area contributed by atoms with E-state index in [0.29, 0.717) is 19.5 Å². The Morgan fingerprint density at radius 1 is 0.912 bits per heavy atom. The van der Waals surface area contributed by atoms with Crippen molar-refractivity contribution in [2.24, 2.45) is 11.8 Å². The van der Waals surface area contributed by atoms with Gasteiger partial charge >= 0.3 is 12.1 Å². The largest absolute Gasteiger partial charge is 0.481 e. The standard InChI is InChI=1S/C27H32N2O5/c30-25(31)14-7-15-28-26(32)19-9-2-1-8-18(19)16-29-27(33)34-17-24-22-12-5-3-10-20(22)21-11-4-6-13-23(21)24/h3-6,10-13,18-19,24H,1-2,7-9,14-17H2,(H,28,32)(H,29,33)(H,30,31). The summed E-state index contributed by atoms with van der Waals surface area (Å²) in [6.45, 7) is 1.01. The average Bonchev–Trinajstić information content (AvgIpc) is 3.17. The third-order valence-corrected chi connectivity index (χ3v) is 6.96. The number of hydrogen-bond acceptors (Lipinski definition) is 4. The Morgan fingerprint density at radius 2 is 1.56 bits per heavy atom. The van der Waals surface area contributed by atoms with E-state index in [1.165, 1.54) is 22.3 Å². The summed E-state index contributed by atoms with van der Waals surface area (Å²) in [4.78, 5) is 35.8. The minimum Gasteiger partial charge on any atom is -0.481 e. The fraction of sp³-hybridized carbons (Fsp3) is 0.444. The second-order valence-electron chi connectivity index (χ2n) is 9.15. The maximum atomic E-state index is 12.6. The molecule has 0 bridgehead atoms. The molecule has 2 aromatic rings. The lowest BCUT2D eigenvalue weighted by atomic mass is 9.78. The van der Waals surface area contributed by atoms with Crippen molar-refractivity contribution >= 4 is 18.0 Å². The number of amides is 2. The number of carbonyl (C=O) groups is 3. The molecule has 0 spiro atoms. The Bertz CT molecular complexity index is 992. The van der Waals surface area contributed by atoms with Gasteiger partial charge in [-0.3, -0.25) is 9.59 Å². The fourth-order valence-corrected chi connectivity index (χ4v) is 5.24. The minimum absolute atomic E-state index is 0.0113. The number of rotatable bonds is 9. The summed E-state index contributed by atoms with van der Waals surface area (Å²) < 4.78 is 5.62. The SMILES string of the molecule is O=C(O)CCCNC(=O)C1CCCCC1CNC(=O)OCC1c2ccccc2-c2ccccc21. The van der Waals surface area contributed by atoms with Crippen LogP contribution in [0.15, 0.2) is 48.5 Å². The number of nitrogens with one attached hydrogen (secondary N) is 2. The van der Waals surface area contributed by atoms with Crippen molar-refractivity contribution < 1.29 is 24.2 Å². The Hall–Kier alpha value is -3.35. The topological polar surface area (TPSA) is 105 Å². The van der Waals surface area contributed by atoms with E-state index in [1.54, 1.807) is 0 Å². The molecule has 0 heterocycles. The van der Waals surface area contributed by atoms with Crippen molar-refractivity contribution in [3.8, 4) is 11.1 Å². The van der Waals surface area contributed by atoms with Crippen LogP contribution in [0, 0.1) is 11.8 Å². The summed E-state index contributed by atoms with van der Waals surface area (Å²) in [5.41, 5.74) is 4.71. The van der Waals surface area contributed by atoms with Crippen LogP contribution in [0.25, 0.3) is 11.1 Å². The summed E-state index contributed by atoms with van der Waals surface area (Å²) in [6, 6.07) is 16.4. The van der Waals surface area contributed by atoms with Crippen LogP contribution in [0.2, 0.25) is 0 Å². The number of carboxylic acid groups (broad SMARTS) is 1. The number of carboxylic acids is 1. The first-order valence-corrected chi connectivity index (χ1v) is 12.1. The molecule has 0 aliphatic heterocycles. The summed E-state index contributed by atoms with van der Waals surface area (Å²) in [5, 5.41) is 14.5. The van der Waals surface area contributed by atoms with Gasteiger partial charge in [0.15, 0.2) is 0 Å². The highest BCUT2D eigenvalue weighted by molar-refractivity contribution is 5.80. The maximum absolute atomic E-state index is 12.6. The van der Waals surface area contributed by atoms with Crippen LogP contribution >= 0.6 is 0 Å². The van der Waals surface area contributed by atoms with E-state index in [-0.39, 0.29) is 36.7 Å². The highest BCUT2D eigenvalue weighted by Gasteiger charge is 2.32. The molecule has 2 unspecified atom stereocenters. The van der Waals surface area contributed by atoms with Crippen LogP contribution in [-0.2, 0) is 14.3 Å². The van der Waals surface area contributed by atoms with Gasteiger partial charge in [0.1, 0.15) is 6.61 Å². The van der Waals surface area contributed by atoms with Gasteiger partial charge in [-0.1, -0.05) is 61.4 Å². The minimum atomic E-state index is -0.864. The molecule has 4 rings (SSSR count). The van der Waals surface area contributed by atoms with E-state index in [2.05, 4.69) is 34.9 Å². The molecule has 7 nitrogen and oxygen atoms in total. The first kappa shape index (κ1) is 23.8. The number of aliphatic carboxylic acids is 1. The van der Waals surface area contributed by atoms with Crippen LogP contribution in [-0.4, -0.2) is 42.8 Å². The molecule has 0 saturated heterocycles. The third-order valence-electron chi connectivity index (χ3n) is 6.96. The van der Waals surface area contributed by atoms with E-state index in [4.69, 9.17) is 9.84 Å². The monoisotopic (exact) mass is 464 g/mol. The molecule has 2 amide bonds. The quantitative estimate of drug-likeness (QED) is 0.480. The molecular formula is C27H32N2O5. The van der Waals surface area contributed by atoms with Gasteiger partial charge in [-0.15, -0.1) is 0 Å². The predicted octanol–water partition coefficient (Wildman–Crippen LogP) is 4.31. The van der Waals surface area contributed by atoms with Gasteiger partial charge in [0.05, 0.1) is 0 Å². The summed E-state index contributed by atoms with van der Waals surface area (Å²) in [6.07, 6.45) is 3.65. The first-order chi connectivity index (χ1) is 16.5. The van der Waals surface area contributed by atoms with Crippen LogP contribution < -0.4 is 10.6 Å². The number of ether oxygens (including phenoxy) is 1. The Kier molecular flexibility index (Phi) is 7.83. The predicted molar refractivity (Wildman–Crippen MR) is 128 cm³/mol. The molecule has 0 radical (unpaired) electrons. The van der Waals surface area contributed by atoms with Crippen LogP contribution in [0.1, 0.15) is 55.6 Å². The smallest absolute Gasteiger partial charge is 0.407 e. The van der Waals surface area contributed by atoms with Crippen molar-refractivity contribution in [2.75, 3.05) is 19.7 Å². The maximum Gasteiger partial charge on any atom is 0.407 e. The molecule has 2 aromatic carbocycles. The van der Waals surface area contributed by atoms with E-state index in [0.717, 1.165) is 25.7 Å². The molecule has 1 saturated carbocycles. The molecule has 34 heavy (non-hydrogen) atoms. The van der Waals surface area contributed by atoms with Crippen molar-refractivity contribution in [2.45, 2.75) is 44.4 Å². The lowest BCUT2D eigenvalue weighted by molar-refractivity contribution is -0.137. The van der Waals surface area contributed by atoms with Crippen molar-refractivity contribution in [1.82, 2.24) is 10.6 Å². The molecule has 0 aromatic heterocycles. The number of alkyl carbamates (subject to hydrolysis) is 1. The van der Waals surface area contributed by atoms with E-state index >= 15 is 0 Å². The first-order valence-electron chi connectivity index (χ1n) is 12.1. The normalized spacial score (nSPS) is 19.1. The molecule has 2 aliphatic carbocycles. The number of benzene rings is 2. The van der Waals surface area contributed by atoms with Gasteiger partial charge < -0.3 is 20.5 Å². The van der Waals surface area contributed by atoms with Gasteiger partial charge in [0.25, 0.3) is 0 Å². The second-order valence-corrected chi connectivity index (χ2v) is 9.15. The average molecular weight is 465 g/mol. The molecule has 2 atom stereocenters. The fourth-order valence-electron chi connectivity index (χ4n) is 5.24. The molecule has 180 valence electrons. The highest BCUT2D eigenvalue weighted by atomic mass is 16.5. The summed E-state index contributed by atoms with van der Waals surface area (Å²) in [7, 11) is 0. The van der Waals surface area contributed by atoms with Crippen LogP contribution in [0.4, 0.5) is 4.79 Å². The zero-order valence-electron chi connectivity index (χ0n) is 19.3. The molecular weight excluding hydrogens is 432 g/mol. The highest BCUT2D eigenvalue weighted by Crippen LogP contribution is 2.44. The Morgan fingerprint density at radius 3 is 2.24 bits per heavy atom. The van der Waals surface area contributed by atoms with Crippen LogP contribution in [0.3, 0.4) is 0 Å². The molecule has 3 N–H and O–H groups in total. The lowest BCUT2D eigenvalue weighted by Crippen LogP contribution is -2.42.